The minimum Gasteiger partial charge on any atom is -0.454 e. The Hall–Kier alpha value is -2.54. The van der Waals surface area contributed by atoms with Crippen LogP contribution in [-0.2, 0) is 22.6 Å². The maximum atomic E-state index is 13.2. The molecule has 0 fully saturated rings. The first-order chi connectivity index (χ1) is 14.9. The maximum absolute atomic E-state index is 13.2. The Labute approximate surface area is 192 Å². The largest absolute Gasteiger partial charge is 0.454 e. The average molecular weight is 489 g/mol. The third kappa shape index (κ3) is 6.23. The van der Waals surface area contributed by atoms with E-state index in [-0.39, 0.29) is 24.6 Å². The fraction of sp³-hybridized carbons (Fsp3) is 0.417. The van der Waals surface area contributed by atoms with Gasteiger partial charge >= 0.3 is 0 Å². The molecule has 0 radical (unpaired) electrons. The van der Waals surface area contributed by atoms with Crippen LogP contribution in [0.5, 0.6) is 11.5 Å². The van der Waals surface area contributed by atoms with Gasteiger partial charge in [0, 0.05) is 23.5 Å². The van der Waals surface area contributed by atoms with E-state index < -0.39 is 6.04 Å². The maximum Gasteiger partial charge on any atom is 0.242 e. The molecule has 2 aromatic rings. The van der Waals surface area contributed by atoms with Crippen molar-refractivity contribution in [2.75, 3.05) is 6.79 Å². The van der Waals surface area contributed by atoms with Crippen LogP contribution < -0.4 is 14.8 Å². The summed E-state index contributed by atoms with van der Waals surface area (Å²) < 4.78 is 11.7. The first-order valence-corrected chi connectivity index (χ1v) is 11.4. The van der Waals surface area contributed by atoms with Crippen molar-refractivity contribution >= 4 is 27.7 Å². The summed E-state index contributed by atoms with van der Waals surface area (Å²) in [5.41, 5.74) is 1.97. The summed E-state index contributed by atoms with van der Waals surface area (Å²) in [5, 5.41) is 2.99. The summed E-state index contributed by atoms with van der Waals surface area (Å²) in [6.07, 6.45) is 1.70. The Morgan fingerprint density at radius 1 is 1.06 bits per heavy atom. The lowest BCUT2D eigenvalue weighted by molar-refractivity contribution is -0.140. The molecule has 2 aromatic carbocycles. The third-order valence-corrected chi connectivity index (χ3v) is 6.03. The molecule has 6 nitrogen and oxygen atoms in total. The summed E-state index contributed by atoms with van der Waals surface area (Å²) in [6.45, 7) is 6.37. The molecule has 7 heteroatoms. The number of aryl methyl sites for hydroxylation is 1. The Kier molecular flexibility index (Phi) is 7.96. The minimum atomic E-state index is -0.568. The van der Waals surface area contributed by atoms with E-state index in [1.165, 1.54) is 0 Å². The second kappa shape index (κ2) is 10.7. The second-order valence-corrected chi connectivity index (χ2v) is 8.75. The average Bonchev–Trinajstić information content (AvgIpc) is 3.24. The number of hydrogen-bond donors (Lipinski definition) is 1. The number of ether oxygens (including phenoxy) is 2. The van der Waals surface area contributed by atoms with Gasteiger partial charge < -0.3 is 19.7 Å². The SMILES string of the molecule is CC[C@H](C)NC(=O)[C@@H](C)N(Cc1ccc(Br)cc1)C(=O)CCc1ccc2c(c1)OCO2. The summed E-state index contributed by atoms with van der Waals surface area (Å²) in [5.74, 6) is 1.23. The van der Waals surface area contributed by atoms with E-state index in [1.807, 2.05) is 56.3 Å². The van der Waals surface area contributed by atoms with Gasteiger partial charge in [-0.15, -0.1) is 0 Å². The van der Waals surface area contributed by atoms with Crippen molar-refractivity contribution < 1.29 is 19.1 Å². The smallest absolute Gasteiger partial charge is 0.242 e. The zero-order chi connectivity index (χ0) is 22.4. The zero-order valence-corrected chi connectivity index (χ0v) is 19.8. The molecule has 1 aliphatic heterocycles. The monoisotopic (exact) mass is 488 g/mol. The van der Waals surface area contributed by atoms with E-state index in [1.54, 1.807) is 11.8 Å². The second-order valence-electron chi connectivity index (χ2n) is 7.83. The summed E-state index contributed by atoms with van der Waals surface area (Å²) in [6, 6.07) is 13.0. The van der Waals surface area contributed by atoms with Crippen molar-refractivity contribution in [1.82, 2.24) is 10.2 Å². The molecule has 0 bridgehead atoms. The zero-order valence-electron chi connectivity index (χ0n) is 18.2. The van der Waals surface area contributed by atoms with E-state index in [0.717, 1.165) is 27.8 Å². The van der Waals surface area contributed by atoms with Crippen molar-refractivity contribution in [2.45, 2.75) is 58.7 Å². The molecule has 0 unspecified atom stereocenters. The molecule has 31 heavy (non-hydrogen) atoms. The fourth-order valence-electron chi connectivity index (χ4n) is 3.33. The highest BCUT2D eigenvalue weighted by Gasteiger charge is 2.26. The summed E-state index contributed by atoms with van der Waals surface area (Å²) >= 11 is 3.44. The first kappa shape index (κ1) is 23.1. The number of nitrogens with zero attached hydrogens (tertiary/aromatic N) is 1. The van der Waals surface area contributed by atoms with Gasteiger partial charge in [-0.05, 0) is 62.1 Å². The van der Waals surface area contributed by atoms with Crippen LogP contribution in [0.4, 0.5) is 0 Å². The molecule has 1 aliphatic rings. The lowest BCUT2D eigenvalue weighted by atomic mass is 10.1. The molecule has 0 aliphatic carbocycles. The minimum absolute atomic E-state index is 0.0626. The first-order valence-electron chi connectivity index (χ1n) is 10.6. The number of benzene rings is 2. The fourth-order valence-corrected chi connectivity index (χ4v) is 3.59. The van der Waals surface area contributed by atoms with Crippen LogP contribution in [0.2, 0.25) is 0 Å². The van der Waals surface area contributed by atoms with Crippen LogP contribution >= 0.6 is 15.9 Å². The summed E-state index contributed by atoms with van der Waals surface area (Å²) in [7, 11) is 0. The van der Waals surface area contributed by atoms with Gasteiger partial charge in [-0.1, -0.05) is 41.1 Å². The van der Waals surface area contributed by atoms with Crippen LogP contribution in [0.3, 0.4) is 0 Å². The molecule has 2 atom stereocenters. The van der Waals surface area contributed by atoms with E-state index in [0.29, 0.717) is 25.1 Å². The van der Waals surface area contributed by atoms with Gasteiger partial charge in [0.15, 0.2) is 11.5 Å². The van der Waals surface area contributed by atoms with Crippen molar-refractivity contribution in [3.8, 4) is 11.5 Å². The van der Waals surface area contributed by atoms with E-state index in [9.17, 15) is 9.59 Å². The molecular weight excluding hydrogens is 460 g/mol. The van der Waals surface area contributed by atoms with Crippen LogP contribution in [0, 0.1) is 0 Å². The predicted octanol–water partition coefficient (Wildman–Crippen LogP) is 4.44. The molecule has 0 saturated carbocycles. The highest BCUT2D eigenvalue weighted by molar-refractivity contribution is 9.10. The van der Waals surface area contributed by atoms with Gasteiger partial charge in [-0.3, -0.25) is 9.59 Å². The molecule has 1 N–H and O–H groups in total. The topological polar surface area (TPSA) is 67.9 Å². The van der Waals surface area contributed by atoms with Crippen molar-refractivity contribution in [3.63, 3.8) is 0 Å². The normalized spacial score (nSPS) is 14.1. The molecule has 1 heterocycles. The van der Waals surface area contributed by atoms with Gasteiger partial charge in [0.1, 0.15) is 6.04 Å². The molecular formula is C24H29BrN2O4. The quantitative estimate of drug-likeness (QED) is 0.566. The van der Waals surface area contributed by atoms with Crippen molar-refractivity contribution in [2.24, 2.45) is 0 Å². The van der Waals surface area contributed by atoms with Gasteiger partial charge in [0.2, 0.25) is 18.6 Å². The van der Waals surface area contributed by atoms with E-state index in [2.05, 4.69) is 21.2 Å². The highest BCUT2D eigenvalue weighted by atomic mass is 79.9. The number of carbonyl (C=O) groups is 2. The molecule has 3 rings (SSSR count). The predicted molar refractivity (Wildman–Crippen MR) is 123 cm³/mol. The number of nitrogens with one attached hydrogen (secondary N) is 1. The number of carbonyl (C=O) groups excluding carboxylic acids is 2. The van der Waals surface area contributed by atoms with Crippen LogP contribution in [0.25, 0.3) is 0 Å². The highest BCUT2D eigenvalue weighted by Crippen LogP contribution is 2.32. The van der Waals surface area contributed by atoms with Gasteiger partial charge in [-0.2, -0.15) is 0 Å². The van der Waals surface area contributed by atoms with Gasteiger partial charge in [0.25, 0.3) is 0 Å². The van der Waals surface area contributed by atoms with Gasteiger partial charge in [-0.25, -0.2) is 0 Å². The summed E-state index contributed by atoms with van der Waals surface area (Å²) in [4.78, 5) is 27.6. The Balaban J connectivity index is 1.71. The standard InChI is InChI=1S/C24H29BrN2O4/c1-4-16(2)26-24(29)17(3)27(14-19-5-9-20(25)10-6-19)23(28)12-8-18-7-11-21-22(13-18)31-15-30-21/h5-7,9-11,13,16-17H,4,8,12,14-15H2,1-3H3,(H,26,29)/t16-,17+/m0/s1. The van der Waals surface area contributed by atoms with Crippen molar-refractivity contribution in [3.05, 3.63) is 58.1 Å². The van der Waals surface area contributed by atoms with Gasteiger partial charge in [0.05, 0.1) is 0 Å². The number of amides is 2. The number of hydrogen-bond acceptors (Lipinski definition) is 4. The Morgan fingerprint density at radius 2 is 1.74 bits per heavy atom. The van der Waals surface area contributed by atoms with E-state index >= 15 is 0 Å². The lowest BCUT2D eigenvalue weighted by Gasteiger charge is -2.30. The Morgan fingerprint density at radius 3 is 2.45 bits per heavy atom. The molecule has 0 aromatic heterocycles. The molecule has 0 saturated heterocycles. The number of fused-ring (bicyclic) bond motifs is 1. The van der Waals surface area contributed by atoms with Crippen molar-refractivity contribution in [1.29, 1.82) is 0 Å². The Bertz CT molecular complexity index is 916. The lowest BCUT2D eigenvalue weighted by Crippen LogP contribution is -2.49. The number of halogens is 1. The van der Waals surface area contributed by atoms with Crippen LogP contribution in [-0.4, -0.2) is 35.6 Å². The van der Waals surface area contributed by atoms with E-state index in [4.69, 9.17) is 9.47 Å². The molecule has 2 amide bonds. The van der Waals surface area contributed by atoms with Crippen LogP contribution in [0.15, 0.2) is 46.9 Å². The third-order valence-electron chi connectivity index (χ3n) is 5.50. The molecule has 0 spiro atoms. The van der Waals surface area contributed by atoms with Crippen LogP contribution in [0.1, 0.15) is 44.7 Å². The molecule has 166 valence electrons. The number of rotatable bonds is 9.